The first-order valence-corrected chi connectivity index (χ1v) is 12.1. The minimum Gasteiger partial charge on any atom is -0.323 e. The van der Waals surface area contributed by atoms with Gasteiger partial charge in [-0.3, -0.25) is 4.79 Å². The van der Waals surface area contributed by atoms with Gasteiger partial charge >= 0.3 is 6.03 Å². The fourth-order valence-electron chi connectivity index (χ4n) is 5.72. The highest BCUT2D eigenvalue weighted by Crippen LogP contribution is 2.37. The summed E-state index contributed by atoms with van der Waals surface area (Å²) < 4.78 is 0.659. The Morgan fingerprint density at radius 1 is 0.941 bits per heavy atom. The van der Waals surface area contributed by atoms with Gasteiger partial charge in [0.05, 0.1) is 32.7 Å². The van der Waals surface area contributed by atoms with E-state index in [1.807, 2.05) is 71.6 Å². The molecule has 2 aliphatic rings. The number of ketones is 1. The van der Waals surface area contributed by atoms with Crippen molar-refractivity contribution >= 4 is 11.8 Å². The Balaban J connectivity index is 1.39. The van der Waals surface area contributed by atoms with E-state index in [9.17, 15) is 9.59 Å². The van der Waals surface area contributed by atoms with Crippen molar-refractivity contribution in [3.8, 4) is 0 Å². The summed E-state index contributed by atoms with van der Waals surface area (Å²) in [6.07, 6.45) is 1.96. The maximum absolute atomic E-state index is 13.4. The highest BCUT2D eigenvalue weighted by Gasteiger charge is 2.49. The Labute approximate surface area is 201 Å². The lowest BCUT2D eigenvalue weighted by Crippen LogP contribution is -2.59. The van der Waals surface area contributed by atoms with E-state index in [1.54, 1.807) is 0 Å². The molecule has 0 spiro atoms. The summed E-state index contributed by atoms with van der Waals surface area (Å²) in [5, 5.41) is 3.35. The largest absolute Gasteiger partial charge is 0.323 e. The molecule has 0 radical (unpaired) electrons. The molecule has 5 rings (SSSR count). The van der Waals surface area contributed by atoms with Gasteiger partial charge in [-0.25, -0.2) is 4.79 Å². The quantitative estimate of drug-likeness (QED) is 0.442. The zero-order valence-corrected chi connectivity index (χ0v) is 19.7. The zero-order valence-electron chi connectivity index (χ0n) is 19.7. The summed E-state index contributed by atoms with van der Waals surface area (Å²) in [6.45, 7) is 2.77. The molecule has 2 unspecified atom stereocenters. The number of carbonyl (C=O) groups is 2. The molecule has 1 N–H and O–H groups in total. The molecule has 0 saturated carbocycles. The fraction of sp³-hybridized carbons (Fsp3) is 0.310. The van der Waals surface area contributed by atoms with Gasteiger partial charge in [0.25, 0.3) is 0 Å². The highest BCUT2D eigenvalue weighted by atomic mass is 16.2. The van der Waals surface area contributed by atoms with Gasteiger partial charge < -0.3 is 14.7 Å². The number of urea groups is 1. The molecule has 3 aromatic carbocycles. The monoisotopic (exact) mass is 454 g/mol. The first-order chi connectivity index (χ1) is 16.5. The molecule has 2 amide bonds. The Bertz CT molecular complexity index is 1110. The molecule has 2 heterocycles. The molecular weight excluding hydrogens is 422 g/mol. The smallest absolute Gasteiger partial charge is 0.318 e. The molecule has 34 heavy (non-hydrogen) atoms. The molecule has 0 bridgehead atoms. The van der Waals surface area contributed by atoms with Crippen molar-refractivity contribution in [1.82, 2.24) is 10.2 Å². The zero-order chi connectivity index (χ0) is 23.6. The summed E-state index contributed by atoms with van der Waals surface area (Å²) in [4.78, 5) is 28.4. The average Bonchev–Trinajstić information content (AvgIpc) is 3.24. The third-order valence-corrected chi connectivity index (χ3v) is 7.47. The first-order valence-electron chi connectivity index (χ1n) is 12.1. The van der Waals surface area contributed by atoms with Crippen molar-refractivity contribution in [1.29, 1.82) is 0 Å². The number of quaternary nitrogens is 1. The van der Waals surface area contributed by atoms with Gasteiger partial charge in [-0.15, -0.1) is 0 Å². The second kappa shape index (κ2) is 9.07. The number of nitrogens with one attached hydrogen (secondary N) is 1. The topological polar surface area (TPSA) is 49.4 Å². The summed E-state index contributed by atoms with van der Waals surface area (Å²) in [5.74, 6) is 0.164. The van der Waals surface area contributed by atoms with Crippen LogP contribution in [0.15, 0.2) is 91.0 Å². The molecule has 5 heteroatoms. The number of Topliss-reactive ketones (excluding diaryl/α,β-unsaturated/α-hetero) is 1. The second-order valence-corrected chi connectivity index (χ2v) is 9.96. The molecule has 0 aliphatic carbocycles. The van der Waals surface area contributed by atoms with Gasteiger partial charge in [0.15, 0.2) is 0 Å². The molecule has 2 fully saturated rings. The van der Waals surface area contributed by atoms with Gasteiger partial charge in [-0.2, -0.15) is 0 Å². The van der Waals surface area contributed by atoms with Crippen molar-refractivity contribution < 1.29 is 14.1 Å². The normalized spacial score (nSPS) is 24.0. The molecule has 2 aliphatic heterocycles. The van der Waals surface area contributed by atoms with Crippen molar-refractivity contribution in [2.45, 2.75) is 24.4 Å². The average molecular weight is 455 g/mol. The minimum absolute atomic E-state index is 0.0273. The number of likely N-dealkylation sites (N-methyl/N-ethyl adjacent to an activating group) is 1. The third kappa shape index (κ3) is 4.24. The van der Waals surface area contributed by atoms with Crippen LogP contribution in [0.4, 0.5) is 4.79 Å². The number of piperidine rings is 1. The molecule has 5 nitrogen and oxygen atoms in total. The maximum atomic E-state index is 13.4. The van der Waals surface area contributed by atoms with E-state index < -0.39 is 5.54 Å². The lowest BCUT2D eigenvalue weighted by atomic mass is 9.83. The third-order valence-electron chi connectivity index (χ3n) is 7.47. The first kappa shape index (κ1) is 22.4. The van der Waals surface area contributed by atoms with Crippen LogP contribution in [-0.2, 0) is 5.54 Å². The Kier molecular flexibility index (Phi) is 5.96. The molecule has 0 aromatic heterocycles. The van der Waals surface area contributed by atoms with Crippen LogP contribution in [0.2, 0.25) is 0 Å². The van der Waals surface area contributed by atoms with Gasteiger partial charge in [-0.05, 0) is 24.0 Å². The predicted octanol–water partition coefficient (Wildman–Crippen LogP) is 4.45. The van der Waals surface area contributed by atoms with Crippen LogP contribution in [-0.4, -0.2) is 60.5 Å². The van der Waals surface area contributed by atoms with Gasteiger partial charge in [0.1, 0.15) is 12.1 Å². The van der Waals surface area contributed by atoms with Gasteiger partial charge in [0, 0.05) is 5.56 Å². The Morgan fingerprint density at radius 2 is 1.50 bits per heavy atom. The molecule has 174 valence electrons. The second-order valence-electron chi connectivity index (χ2n) is 9.96. The van der Waals surface area contributed by atoms with E-state index >= 15 is 0 Å². The number of likely N-dealkylation sites (tertiary alicyclic amines) is 1. The predicted molar refractivity (Wildman–Crippen MR) is 133 cm³/mol. The number of hydrogen-bond donors (Lipinski definition) is 1. The van der Waals surface area contributed by atoms with Crippen LogP contribution < -0.4 is 5.32 Å². The molecule has 2 atom stereocenters. The molecular formula is C29H32N3O2+. The number of rotatable bonds is 6. The molecule has 3 aromatic rings. The standard InChI is InChI=1S/C29H31N3O2/c1-32(21-27(33)23-12-5-2-6-13-23)19-11-18-26(20-32)31-22-29(30-28(31)34,24-14-7-3-8-15-24)25-16-9-4-10-17-25/h2-10,12-17,26H,11,18-22H2,1H3/p+1. The van der Waals surface area contributed by atoms with Crippen molar-refractivity contribution in [3.05, 3.63) is 108 Å². The van der Waals surface area contributed by atoms with E-state index in [2.05, 4.69) is 36.6 Å². The van der Waals surface area contributed by atoms with Crippen LogP contribution in [0.3, 0.4) is 0 Å². The van der Waals surface area contributed by atoms with Crippen molar-refractivity contribution in [2.75, 3.05) is 33.2 Å². The van der Waals surface area contributed by atoms with Crippen LogP contribution in [0.25, 0.3) is 0 Å². The minimum atomic E-state index is -0.583. The fourth-order valence-corrected chi connectivity index (χ4v) is 5.72. The van der Waals surface area contributed by atoms with Crippen LogP contribution >= 0.6 is 0 Å². The Hall–Kier alpha value is -3.44. The van der Waals surface area contributed by atoms with Crippen molar-refractivity contribution in [2.24, 2.45) is 0 Å². The van der Waals surface area contributed by atoms with Crippen molar-refractivity contribution in [3.63, 3.8) is 0 Å². The maximum Gasteiger partial charge on any atom is 0.318 e. The van der Waals surface area contributed by atoms with E-state index in [4.69, 9.17) is 0 Å². The van der Waals surface area contributed by atoms with E-state index in [0.29, 0.717) is 17.6 Å². The lowest BCUT2D eigenvalue weighted by Gasteiger charge is -2.43. The number of nitrogens with zero attached hydrogens (tertiary/aromatic N) is 2. The summed E-state index contributed by atoms with van der Waals surface area (Å²) in [7, 11) is 2.16. The van der Waals surface area contributed by atoms with Crippen LogP contribution in [0.5, 0.6) is 0 Å². The number of amides is 2. The molecule has 2 saturated heterocycles. The summed E-state index contributed by atoms with van der Waals surface area (Å²) in [5.41, 5.74) is 2.35. The Morgan fingerprint density at radius 3 is 2.09 bits per heavy atom. The summed E-state index contributed by atoms with van der Waals surface area (Å²) in [6, 6.07) is 30.1. The van der Waals surface area contributed by atoms with E-state index in [1.165, 1.54) is 0 Å². The van der Waals surface area contributed by atoms with Gasteiger partial charge in [-0.1, -0.05) is 91.0 Å². The van der Waals surface area contributed by atoms with Crippen LogP contribution in [0, 0.1) is 0 Å². The number of carbonyl (C=O) groups excluding carboxylic acids is 2. The number of hydrogen-bond acceptors (Lipinski definition) is 2. The van der Waals surface area contributed by atoms with E-state index in [-0.39, 0.29) is 17.9 Å². The number of benzene rings is 3. The van der Waals surface area contributed by atoms with E-state index in [0.717, 1.165) is 42.6 Å². The van der Waals surface area contributed by atoms with Crippen LogP contribution in [0.1, 0.15) is 34.3 Å². The summed E-state index contributed by atoms with van der Waals surface area (Å²) >= 11 is 0. The SMILES string of the molecule is C[N+]1(CC(=O)c2ccccc2)CCCC(N2CC(c3ccccc3)(c3ccccc3)NC2=O)C1. The highest BCUT2D eigenvalue weighted by molar-refractivity contribution is 5.96. The van der Waals surface area contributed by atoms with Gasteiger partial charge in [0.2, 0.25) is 5.78 Å². The lowest BCUT2D eigenvalue weighted by molar-refractivity contribution is -0.907.